The Kier molecular flexibility index (Phi) is 7.92. The second kappa shape index (κ2) is 10.2. The lowest BCUT2D eigenvalue weighted by Crippen LogP contribution is -2.38. The van der Waals surface area contributed by atoms with E-state index in [1.807, 2.05) is 44.2 Å². The zero-order valence-electron chi connectivity index (χ0n) is 15.3. The van der Waals surface area contributed by atoms with Gasteiger partial charge in [-0.1, -0.05) is 30.3 Å². The van der Waals surface area contributed by atoms with Crippen molar-refractivity contribution in [1.82, 2.24) is 4.90 Å². The maximum absolute atomic E-state index is 11.9. The van der Waals surface area contributed by atoms with E-state index in [-0.39, 0.29) is 18.0 Å². The molecule has 5 heteroatoms. The predicted octanol–water partition coefficient (Wildman–Crippen LogP) is 3.17. The van der Waals surface area contributed by atoms with Gasteiger partial charge in [0, 0.05) is 6.42 Å². The van der Waals surface area contributed by atoms with Gasteiger partial charge in [-0.05, 0) is 57.7 Å². The van der Waals surface area contributed by atoms with Gasteiger partial charge in [-0.3, -0.25) is 14.5 Å². The number of likely N-dealkylation sites (tertiary alicyclic amines) is 1. The summed E-state index contributed by atoms with van der Waals surface area (Å²) in [5, 5.41) is 0. The number of nitrogens with zero attached hydrogens (tertiary/aromatic N) is 1. The van der Waals surface area contributed by atoms with Crippen LogP contribution in [-0.4, -0.2) is 42.6 Å². The molecular weight excluding hydrogens is 318 g/mol. The largest absolute Gasteiger partial charge is 0.462 e. The van der Waals surface area contributed by atoms with Gasteiger partial charge in [0.05, 0.1) is 12.6 Å². The summed E-state index contributed by atoms with van der Waals surface area (Å²) < 4.78 is 10.5. The van der Waals surface area contributed by atoms with E-state index in [2.05, 4.69) is 4.90 Å². The molecule has 0 aliphatic carbocycles. The number of rotatable bonds is 8. The number of carbonyl (C=O) groups is 2. The molecule has 0 aromatic heterocycles. The van der Waals surface area contributed by atoms with Crippen molar-refractivity contribution >= 4 is 11.9 Å². The molecule has 1 saturated heterocycles. The maximum atomic E-state index is 11.9. The van der Waals surface area contributed by atoms with Gasteiger partial charge in [0.1, 0.15) is 6.61 Å². The highest BCUT2D eigenvalue weighted by molar-refractivity contribution is 5.71. The van der Waals surface area contributed by atoms with Crippen LogP contribution in [0.2, 0.25) is 0 Å². The van der Waals surface area contributed by atoms with Crippen LogP contribution in [0, 0.1) is 5.92 Å². The average molecular weight is 347 g/mol. The zero-order valence-corrected chi connectivity index (χ0v) is 15.3. The van der Waals surface area contributed by atoms with Gasteiger partial charge in [-0.25, -0.2) is 0 Å². The summed E-state index contributed by atoms with van der Waals surface area (Å²) in [7, 11) is 0. The van der Waals surface area contributed by atoms with Gasteiger partial charge in [-0.15, -0.1) is 0 Å². The number of ether oxygens (including phenoxy) is 2. The fraction of sp³-hybridized carbons (Fsp3) is 0.600. The smallest absolute Gasteiger partial charge is 0.320 e. The van der Waals surface area contributed by atoms with Crippen molar-refractivity contribution in [3.63, 3.8) is 0 Å². The molecule has 1 fully saturated rings. The van der Waals surface area contributed by atoms with E-state index >= 15 is 0 Å². The molecule has 1 heterocycles. The lowest BCUT2D eigenvalue weighted by Gasteiger charge is -2.31. The van der Waals surface area contributed by atoms with Crippen LogP contribution < -0.4 is 0 Å². The van der Waals surface area contributed by atoms with Crippen LogP contribution in [0.15, 0.2) is 30.3 Å². The summed E-state index contributed by atoms with van der Waals surface area (Å²) in [4.78, 5) is 25.7. The van der Waals surface area contributed by atoms with Crippen molar-refractivity contribution in [1.29, 1.82) is 0 Å². The normalized spacial score (nSPS) is 16.0. The van der Waals surface area contributed by atoms with Crippen LogP contribution in [0.4, 0.5) is 0 Å². The Morgan fingerprint density at radius 1 is 1.12 bits per heavy atom. The molecule has 2 rings (SSSR count). The Morgan fingerprint density at radius 3 is 2.44 bits per heavy atom. The van der Waals surface area contributed by atoms with Crippen LogP contribution in [0.25, 0.3) is 0 Å². The highest BCUT2D eigenvalue weighted by Crippen LogP contribution is 2.22. The summed E-state index contributed by atoms with van der Waals surface area (Å²) in [6.45, 7) is 6.20. The summed E-state index contributed by atoms with van der Waals surface area (Å²) in [6, 6.07) is 9.72. The Labute approximate surface area is 150 Å². The lowest BCUT2D eigenvalue weighted by molar-refractivity contribution is -0.149. The number of hydrogen-bond acceptors (Lipinski definition) is 5. The topological polar surface area (TPSA) is 55.8 Å². The molecule has 0 radical (unpaired) electrons. The molecule has 1 aliphatic heterocycles. The first-order valence-corrected chi connectivity index (χ1v) is 9.14. The monoisotopic (exact) mass is 347 g/mol. The molecule has 0 N–H and O–H groups in total. The quantitative estimate of drug-likeness (QED) is 0.676. The fourth-order valence-corrected chi connectivity index (χ4v) is 3.05. The van der Waals surface area contributed by atoms with Gasteiger partial charge >= 0.3 is 11.9 Å². The molecule has 0 unspecified atom stereocenters. The molecule has 0 atom stereocenters. The Bertz CT molecular complexity index is 536. The number of hydrogen-bond donors (Lipinski definition) is 0. The maximum Gasteiger partial charge on any atom is 0.320 e. The van der Waals surface area contributed by atoms with Crippen molar-refractivity contribution in [3.8, 4) is 0 Å². The van der Waals surface area contributed by atoms with Crippen LogP contribution in [-0.2, 0) is 25.7 Å². The first-order chi connectivity index (χ1) is 12.0. The van der Waals surface area contributed by atoms with E-state index in [4.69, 9.17) is 9.47 Å². The predicted molar refractivity (Wildman–Crippen MR) is 95.9 cm³/mol. The number of esters is 2. The molecule has 25 heavy (non-hydrogen) atoms. The standard InChI is InChI=1S/C20H29NO4/c1-16(2)25-20(23)14-21-12-10-17(11-13-21)8-9-19(22)24-15-18-6-4-3-5-7-18/h3-7,16-17H,8-15H2,1-2H3. The first-order valence-electron chi connectivity index (χ1n) is 9.14. The number of benzene rings is 1. The third kappa shape index (κ3) is 7.69. The molecule has 1 aliphatic rings. The van der Waals surface area contributed by atoms with Gasteiger partial charge < -0.3 is 9.47 Å². The Balaban J connectivity index is 1.58. The molecule has 0 bridgehead atoms. The van der Waals surface area contributed by atoms with Crippen molar-refractivity contribution in [2.45, 2.75) is 52.2 Å². The summed E-state index contributed by atoms with van der Waals surface area (Å²) in [5.74, 6) is 0.242. The number of carbonyl (C=O) groups excluding carboxylic acids is 2. The molecule has 5 nitrogen and oxygen atoms in total. The molecule has 0 saturated carbocycles. The van der Waals surface area contributed by atoms with Crippen molar-refractivity contribution in [2.75, 3.05) is 19.6 Å². The summed E-state index contributed by atoms with van der Waals surface area (Å²) in [6.07, 6.45) is 3.29. The van der Waals surface area contributed by atoms with E-state index < -0.39 is 0 Å². The fourth-order valence-electron chi connectivity index (χ4n) is 3.05. The number of piperidine rings is 1. The van der Waals surface area contributed by atoms with Crippen molar-refractivity contribution in [2.24, 2.45) is 5.92 Å². The minimum atomic E-state index is -0.155. The van der Waals surface area contributed by atoms with Crippen LogP contribution >= 0.6 is 0 Å². The van der Waals surface area contributed by atoms with Crippen LogP contribution in [0.5, 0.6) is 0 Å². The lowest BCUT2D eigenvalue weighted by atomic mass is 9.92. The van der Waals surface area contributed by atoms with Gasteiger partial charge in [0.15, 0.2) is 0 Å². The third-order valence-corrected chi connectivity index (χ3v) is 4.43. The van der Waals surface area contributed by atoms with Crippen molar-refractivity contribution < 1.29 is 19.1 Å². The van der Waals surface area contributed by atoms with E-state index in [9.17, 15) is 9.59 Å². The van der Waals surface area contributed by atoms with E-state index in [0.29, 0.717) is 25.5 Å². The van der Waals surface area contributed by atoms with Gasteiger partial charge in [0.25, 0.3) is 0 Å². The summed E-state index contributed by atoms with van der Waals surface area (Å²) in [5.41, 5.74) is 1.01. The highest BCUT2D eigenvalue weighted by Gasteiger charge is 2.22. The van der Waals surface area contributed by atoms with E-state index in [1.54, 1.807) is 0 Å². The van der Waals surface area contributed by atoms with Crippen LogP contribution in [0.1, 0.15) is 45.1 Å². The second-order valence-corrected chi connectivity index (χ2v) is 6.94. The SMILES string of the molecule is CC(C)OC(=O)CN1CCC(CCC(=O)OCc2ccccc2)CC1. The van der Waals surface area contributed by atoms with Crippen LogP contribution in [0.3, 0.4) is 0 Å². The highest BCUT2D eigenvalue weighted by atomic mass is 16.5. The third-order valence-electron chi connectivity index (χ3n) is 4.43. The van der Waals surface area contributed by atoms with Crippen molar-refractivity contribution in [3.05, 3.63) is 35.9 Å². The molecule has 138 valence electrons. The first kappa shape index (κ1) is 19.4. The Hall–Kier alpha value is -1.88. The molecule has 0 amide bonds. The van der Waals surface area contributed by atoms with E-state index in [1.165, 1.54) is 0 Å². The van der Waals surface area contributed by atoms with Gasteiger partial charge in [-0.2, -0.15) is 0 Å². The molecule has 0 spiro atoms. The zero-order chi connectivity index (χ0) is 18.1. The molecular formula is C20H29NO4. The Morgan fingerprint density at radius 2 is 1.80 bits per heavy atom. The minimum Gasteiger partial charge on any atom is -0.462 e. The average Bonchev–Trinajstić information content (AvgIpc) is 2.59. The van der Waals surface area contributed by atoms with E-state index in [0.717, 1.165) is 37.9 Å². The van der Waals surface area contributed by atoms with Gasteiger partial charge in [0.2, 0.25) is 0 Å². The minimum absolute atomic E-state index is 0.0630. The summed E-state index contributed by atoms with van der Waals surface area (Å²) >= 11 is 0. The molecule has 1 aromatic rings. The second-order valence-electron chi connectivity index (χ2n) is 6.94. The molecule has 1 aromatic carbocycles.